The van der Waals surface area contributed by atoms with E-state index in [0.29, 0.717) is 17.8 Å². The van der Waals surface area contributed by atoms with Gasteiger partial charge in [-0.1, -0.05) is 185 Å². The van der Waals surface area contributed by atoms with Crippen molar-refractivity contribution in [2.24, 2.45) is 0 Å². The van der Waals surface area contributed by atoms with Crippen molar-refractivity contribution in [2.45, 2.75) is 69.1 Å². The molecule has 0 radical (unpaired) electrons. The Hall–Kier alpha value is -5.03. The predicted molar refractivity (Wildman–Crippen MR) is 241 cm³/mol. The molecule has 7 aromatic rings. The van der Waals surface area contributed by atoms with Crippen molar-refractivity contribution < 1.29 is 0 Å². The molecule has 0 saturated carbocycles. The highest BCUT2D eigenvalue weighted by Crippen LogP contribution is 2.42. The van der Waals surface area contributed by atoms with Crippen molar-refractivity contribution in [3.63, 3.8) is 0 Å². The maximum absolute atomic E-state index is 2.62. The molecule has 1 spiro atoms. The normalized spacial score (nSPS) is 14.5. The highest BCUT2D eigenvalue weighted by atomic mass is 32.2. The predicted octanol–water partition coefficient (Wildman–Crippen LogP) is 9.18. The fourth-order valence-corrected chi connectivity index (χ4v) is 16.7. The molecule has 0 unspecified atom stereocenters. The van der Waals surface area contributed by atoms with Gasteiger partial charge in [0.1, 0.15) is 0 Å². The van der Waals surface area contributed by atoms with Gasteiger partial charge in [0, 0.05) is 26.9 Å². The van der Waals surface area contributed by atoms with Gasteiger partial charge in [-0.05, 0) is 103 Å². The van der Waals surface area contributed by atoms with Gasteiger partial charge < -0.3 is 4.90 Å². The van der Waals surface area contributed by atoms with Gasteiger partial charge in [-0.25, -0.2) is 0 Å². The third kappa shape index (κ3) is 5.00. The zero-order valence-corrected chi connectivity index (χ0v) is 34.4. The standard InChI is InChI=1S/C51H46BNSSi/c1-32(2)35-29-39(33(3)4)51(40(30-35)34(5)6)52-41-19-9-12-22-45(41)54-46-28-27-36(31-42(46)52)53-43-20-10-15-25-49(43)55(50-26-16-11-21-44(50)53)47-23-13-7-17-37(47)38-18-8-14-24-48(38)55/h7-34H,1-6H3. The zero-order chi connectivity index (χ0) is 37.6. The summed E-state index contributed by atoms with van der Waals surface area (Å²) in [7, 11) is -2.62. The van der Waals surface area contributed by atoms with Crippen molar-refractivity contribution in [1.82, 2.24) is 0 Å². The van der Waals surface area contributed by atoms with E-state index in [4.69, 9.17) is 0 Å². The smallest absolute Gasteiger partial charge is 0.244 e. The summed E-state index contributed by atoms with van der Waals surface area (Å²) >= 11 is 1.93. The molecular formula is C51H46BNSSi. The molecule has 0 N–H and O–H groups in total. The topological polar surface area (TPSA) is 3.24 Å². The molecule has 0 amide bonds. The average Bonchev–Trinajstić information content (AvgIpc) is 3.50. The van der Waals surface area contributed by atoms with Crippen LogP contribution >= 0.6 is 11.8 Å². The van der Waals surface area contributed by atoms with Crippen LogP contribution in [0.25, 0.3) is 11.1 Å². The van der Waals surface area contributed by atoms with Crippen molar-refractivity contribution in [3.8, 4) is 11.1 Å². The zero-order valence-electron chi connectivity index (χ0n) is 32.6. The van der Waals surface area contributed by atoms with Crippen molar-refractivity contribution in [2.75, 3.05) is 4.90 Å². The summed E-state index contributed by atoms with van der Waals surface area (Å²) < 4.78 is 0. The van der Waals surface area contributed by atoms with Gasteiger partial charge in [-0.3, -0.25) is 0 Å². The maximum atomic E-state index is 2.59. The molecule has 7 aromatic carbocycles. The first-order valence-corrected chi connectivity index (χ1v) is 22.9. The van der Waals surface area contributed by atoms with E-state index in [2.05, 4.69) is 198 Å². The quantitative estimate of drug-likeness (QED) is 0.162. The summed E-state index contributed by atoms with van der Waals surface area (Å²) in [5.41, 5.74) is 15.3. The van der Waals surface area contributed by atoms with Crippen LogP contribution in [-0.4, -0.2) is 14.8 Å². The molecule has 1 nitrogen and oxygen atoms in total. The van der Waals surface area contributed by atoms with E-state index < -0.39 is 8.07 Å². The maximum Gasteiger partial charge on any atom is 0.244 e. The number of hydrogen-bond donors (Lipinski definition) is 0. The lowest BCUT2D eigenvalue weighted by atomic mass is 9.34. The number of para-hydroxylation sites is 2. The fourth-order valence-electron chi connectivity index (χ4n) is 10.1. The van der Waals surface area contributed by atoms with Crippen LogP contribution in [0.3, 0.4) is 0 Å². The summed E-state index contributed by atoms with van der Waals surface area (Å²) in [5.74, 6) is 1.28. The number of anilines is 3. The van der Waals surface area contributed by atoms with Crippen LogP contribution in [0.4, 0.5) is 17.1 Å². The first kappa shape index (κ1) is 34.5. The molecule has 0 fully saturated rings. The molecule has 0 bridgehead atoms. The van der Waals surface area contributed by atoms with Crippen LogP contribution in [0.15, 0.2) is 161 Å². The van der Waals surface area contributed by atoms with Gasteiger partial charge in [0.2, 0.25) is 6.71 Å². The van der Waals surface area contributed by atoms with E-state index in [9.17, 15) is 0 Å². The van der Waals surface area contributed by atoms with E-state index in [1.807, 2.05) is 11.8 Å². The van der Waals surface area contributed by atoms with Gasteiger partial charge in [0.15, 0.2) is 8.07 Å². The lowest BCUT2D eigenvalue weighted by molar-refractivity contribution is 0.812. The van der Waals surface area contributed by atoms with Crippen LogP contribution in [0.2, 0.25) is 0 Å². The van der Waals surface area contributed by atoms with Gasteiger partial charge in [-0.15, -0.1) is 0 Å². The van der Waals surface area contributed by atoms with Crippen LogP contribution in [-0.2, 0) is 0 Å². The molecule has 268 valence electrons. The molecule has 0 aromatic heterocycles. The Morgan fingerprint density at radius 3 is 1.53 bits per heavy atom. The van der Waals surface area contributed by atoms with Crippen molar-refractivity contribution in [3.05, 3.63) is 168 Å². The molecule has 3 aliphatic rings. The Kier molecular flexibility index (Phi) is 8.17. The minimum absolute atomic E-state index is 0.132. The van der Waals surface area contributed by atoms with E-state index in [-0.39, 0.29) is 6.71 Å². The molecule has 10 rings (SSSR count). The van der Waals surface area contributed by atoms with Crippen LogP contribution < -0.4 is 42.0 Å². The molecule has 0 saturated heterocycles. The van der Waals surface area contributed by atoms with E-state index in [1.54, 1.807) is 0 Å². The number of hydrogen-bond acceptors (Lipinski definition) is 2. The van der Waals surface area contributed by atoms with Gasteiger partial charge >= 0.3 is 0 Å². The minimum atomic E-state index is -2.62. The molecule has 4 heteroatoms. The molecule has 0 aliphatic carbocycles. The summed E-state index contributed by atoms with van der Waals surface area (Å²) in [6, 6.07) is 58.7. The highest BCUT2D eigenvalue weighted by Gasteiger charge is 2.53. The largest absolute Gasteiger partial charge is 0.311 e. The lowest BCUT2D eigenvalue weighted by Crippen LogP contribution is -2.75. The lowest BCUT2D eigenvalue weighted by Gasteiger charge is -2.44. The molecule has 0 atom stereocenters. The Morgan fingerprint density at radius 1 is 0.473 bits per heavy atom. The number of benzene rings is 7. The first-order valence-electron chi connectivity index (χ1n) is 20.1. The van der Waals surface area contributed by atoms with Gasteiger partial charge in [-0.2, -0.15) is 0 Å². The second-order valence-corrected chi connectivity index (χ2v) is 21.3. The molecular weight excluding hydrogens is 698 g/mol. The minimum Gasteiger partial charge on any atom is -0.311 e. The Balaban J connectivity index is 1.24. The highest BCUT2D eigenvalue weighted by molar-refractivity contribution is 8.00. The Bertz CT molecular complexity index is 2530. The number of nitrogens with zero attached hydrogens (tertiary/aromatic N) is 1. The Labute approximate surface area is 332 Å². The average molecular weight is 744 g/mol. The van der Waals surface area contributed by atoms with E-state index in [0.717, 1.165) is 0 Å². The fraction of sp³-hybridized carbons (Fsp3) is 0.176. The van der Waals surface area contributed by atoms with Gasteiger partial charge in [0.05, 0.1) is 0 Å². The van der Waals surface area contributed by atoms with Crippen molar-refractivity contribution in [1.29, 1.82) is 0 Å². The Morgan fingerprint density at radius 2 is 0.964 bits per heavy atom. The SMILES string of the molecule is CC(C)c1cc(C(C)C)c(B2c3ccccc3Sc3ccc(N4c5ccccc5[Si]5(c6ccccc6-c6ccccc65)c5ccccc54)cc32)c(C(C)C)c1. The van der Waals surface area contributed by atoms with E-state index >= 15 is 0 Å². The monoisotopic (exact) mass is 743 g/mol. The summed E-state index contributed by atoms with van der Waals surface area (Å²) in [6.07, 6.45) is 0. The third-order valence-electron chi connectivity index (χ3n) is 12.5. The third-order valence-corrected chi connectivity index (χ3v) is 18.7. The van der Waals surface area contributed by atoms with Crippen LogP contribution in [0.5, 0.6) is 0 Å². The summed E-state index contributed by atoms with van der Waals surface area (Å²) in [6.45, 7) is 14.3. The molecule has 55 heavy (non-hydrogen) atoms. The second kappa shape index (κ2) is 13.0. The summed E-state index contributed by atoms with van der Waals surface area (Å²) in [5, 5.41) is 5.94. The van der Waals surface area contributed by atoms with E-state index in [1.165, 1.54) is 91.8 Å². The number of fused-ring (bicyclic) bond motifs is 11. The van der Waals surface area contributed by atoms with Gasteiger partial charge in [0.25, 0.3) is 0 Å². The number of rotatable bonds is 5. The van der Waals surface area contributed by atoms with Crippen LogP contribution in [0.1, 0.15) is 76.0 Å². The second-order valence-electron chi connectivity index (χ2n) is 16.6. The van der Waals surface area contributed by atoms with Crippen LogP contribution in [0, 0.1) is 0 Å². The molecule has 3 heterocycles. The van der Waals surface area contributed by atoms with Crippen molar-refractivity contribution >= 4 is 80.7 Å². The molecule has 3 aliphatic heterocycles. The first-order chi connectivity index (χ1) is 26.8. The summed E-state index contributed by atoms with van der Waals surface area (Å²) in [4.78, 5) is 5.31.